The largest absolute Gasteiger partial charge is 0.326 e. The van der Waals surface area contributed by atoms with Crippen LogP contribution < -0.4 is 10.0 Å². The van der Waals surface area contributed by atoms with Crippen LogP contribution in [0.25, 0.3) is 0 Å². The number of halogens is 1. The van der Waals surface area contributed by atoms with Gasteiger partial charge in [-0.05, 0) is 65.7 Å². The molecule has 2 rings (SSSR count). The third-order valence-corrected chi connectivity index (χ3v) is 5.55. The lowest BCUT2D eigenvalue weighted by Gasteiger charge is -2.12. The van der Waals surface area contributed by atoms with Crippen LogP contribution >= 0.6 is 15.9 Å². The van der Waals surface area contributed by atoms with Crippen molar-refractivity contribution >= 4 is 49.0 Å². The number of aryl methyl sites for hydroxylation is 1. The minimum atomic E-state index is -3.82. The molecule has 0 bridgehead atoms. The van der Waals surface area contributed by atoms with E-state index in [2.05, 4.69) is 26.0 Å². The van der Waals surface area contributed by atoms with E-state index >= 15 is 0 Å². The van der Waals surface area contributed by atoms with Gasteiger partial charge in [0.1, 0.15) is 5.78 Å². The van der Waals surface area contributed by atoms with Crippen LogP contribution in [0.4, 0.5) is 11.4 Å². The van der Waals surface area contributed by atoms with E-state index in [-0.39, 0.29) is 29.4 Å². The van der Waals surface area contributed by atoms with Gasteiger partial charge in [-0.1, -0.05) is 12.1 Å². The Balaban J connectivity index is 2.18. The Labute approximate surface area is 161 Å². The van der Waals surface area contributed by atoms with Crippen LogP contribution in [0.15, 0.2) is 51.8 Å². The Kier molecular flexibility index (Phi) is 6.55. The first-order valence-electron chi connectivity index (χ1n) is 7.86. The lowest BCUT2D eigenvalue weighted by molar-refractivity contribution is -0.121. The molecule has 8 heteroatoms. The fourth-order valence-electron chi connectivity index (χ4n) is 2.18. The van der Waals surface area contributed by atoms with E-state index in [0.29, 0.717) is 15.8 Å². The number of ketones is 1. The van der Waals surface area contributed by atoms with Crippen LogP contribution in [-0.2, 0) is 19.6 Å². The molecule has 0 aliphatic heterocycles. The number of hydrogen-bond donors (Lipinski definition) is 2. The first kappa shape index (κ1) is 20.1. The number of carbonyl (C=O) groups is 2. The van der Waals surface area contributed by atoms with Crippen LogP contribution in [0.2, 0.25) is 0 Å². The number of anilines is 2. The summed E-state index contributed by atoms with van der Waals surface area (Å²) in [5.74, 6) is -0.423. The summed E-state index contributed by atoms with van der Waals surface area (Å²) < 4.78 is 28.4. The quantitative estimate of drug-likeness (QED) is 0.685. The van der Waals surface area contributed by atoms with Crippen LogP contribution in [0.5, 0.6) is 0 Å². The number of amides is 1. The minimum Gasteiger partial charge on any atom is -0.326 e. The molecule has 0 saturated carbocycles. The van der Waals surface area contributed by atoms with Crippen molar-refractivity contribution in [2.45, 2.75) is 31.6 Å². The van der Waals surface area contributed by atoms with Gasteiger partial charge in [0.25, 0.3) is 10.0 Å². The summed E-state index contributed by atoms with van der Waals surface area (Å²) in [6.07, 6.45) is 0.202. The third-order valence-electron chi connectivity index (χ3n) is 3.50. The molecule has 2 aromatic carbocycles. The highest BCUT2D eigenvalue weighted by molar-refractivity contribution is 9.10. The average molecular weight is 439 g/mol. The summed E-state index contributed by atoms with van der Waals surface area (Å²) in [6.45, 7) is 3.27. The summed E-state index contributed by atoms with van der Waals surface area (Å²) in [5.41, 5.74) is 1.70. The van der Waals surface area contributed by atoms with Crippen molar-refractivity contribution < 1.29 is 18.0 Å². The maximum Gasteiger partial charge on any atom is 0.262 e. The van der Waals surface area contributed by atoms with Crippen molar-refractivity contribution in [1.82, 2.24) is 0 Å². The van der Waals surface area contributed by atoms with Gasteiger partial charge in [-0.2, -0.15) is 0 Å². The van der Waals surface area contributed by atoms with Gasteiger partial charge >= 0.3 is 0 Å². The first-order valence-corrected chi connectivity index (χ1v) is 10.1. The number of Topliss-reactive ketones (excluding diaryl/α,β-unsaturated/α-hetero) is 1. The van der Waals surface area contributed by atoms with Crippen LogP contribution in [0, 0.1) is 6.92 Å². The molecule has 0 atom stereocenters. The summed E-state index contributed by atoms with van der Waals surface area (Å²) in [5, 5.41) is 2.60. The minimum absolute atomic E-state index is 0.0234. The van der Waals surface area contributed by atoms with Gasteiger partial charge in [0.2, 0.25) is 5.91 Å². The Hall–Kier alpha value is -2.19. The summed E-state index contributed by atoms with van der Waals surface area (Å²) >= 11 is 3.32. The molecule has 138 valence electrons. The monoisotopic (exact) mass is 438 g/mol. The van der Waals surface area contributed by atoms with Gasteiger partial charge in [0.05, 0.1) is 10.6 Å². The summed E-state index contributed by atoms with van der Waals surface area (Å²) in [6, 6.07) is 11.3. The predicted octanol–water partition coefficient (Wildman–Crippen LogP) is 3.87. The smallest absolute Gasteiger partial charge is 0.262 e. The molecule has 2 N–H and O–H groups in total. The zero-order chi connectivity index (χ0) is 19.3. The molecule has 0 saturated heterocycles. The lowest BCUT2D eigenvalue weighted by Crippen LogP contribution is -2.15. The SMILES string of the molecule is CC(=O)CCC(=O)Nc1cccc(S(=O)(=O)Nc2cc(C)ccc2Br)c1. The topological polar surface area (TPSA) is 92.3 Å². The highest BCUT2D eigenvalue weighted by Gasteiger charge is 2.17. The van der Waals surface area contributed by atoms with Crippen molar-refractivity contribution in [3.63, 3.8) is 0 Å². The molecule has 0 aliphatic carbocycles. The molecule has 6 nitrogen and oxygen atoms in total. The number of sulfonamides is 1. The molecular formula is C18H19BrN2O4S. The van der Waals surface area contributed by atoms with Crippen molar-refractivity contribution in [2.75, 3.05) is 10.0 Å². The molecule has 0 heterocycles. The molecule has 26 heavy (non-hydrogen) atoms. The van der Waals surface area contributed by atoms with E-state index in [1.165, 1.54) is 19.1 Å². The molecule has 1 amide bonds. The molecule has 0 radical (unpaired) electrons. The zero-order valence-electron chi connectivity index (χ0n) is 14.4. The molecule has 0 aromatic heterocycles. The van der Waals surface area contributed by atoms with Gasteiger partial charge < -0.3 is 10.1 Å². The van der Waals surface area contributed by atoms with Crippen LogP contribution in [0.1, 0.15) is 25.3 Å². The average Bonchev–Trinajstić information content (AvgIpc) is 2.56. The fourth-order valence-corrected chi connectivity index (χ4v) is 3.77. The number of nitrogens with one attached hydrogen (secondary N) is 2. The predicted molar refractivity (Wildman–Crippen MR) is 105 cm³/mol. The molecular weight excluding hydrogens is 420 g/mol. The molecule has 0 fully saturated rings. The van der Waals surface area contributed by atoms with Crippen LogP contribution in [0.3, 0.4) is 0 Å². The second-order valence-corrected chi connectivity index (χ2v) is 8.40. The number of benzene rings is 2. The maximum atomic E-state index is 12.6. The van der Waals surface area contributed by atoms with Gasteiger partial charge in [-0.25, -0.2) is 8.42 Å². The second kappa shape index (κ2) is 8.46. The fraction of sp³-hybridized carbons (Fsp3) is 0.222. The Bertz CT molecular complexity index is 942. The van der Waals surface area contributed by atoms with E-state index in [1.807, 2.05) is 13.0 Å². The second-order valence-electron chi connectivity index (χ2n) is 5.87. The van der Waals surface area contributed by atoms with Crippen molar-refractivity contribution in [3.8, 4) is 0 Å². The van der Waals surface area contributed by atoms with Crippen molar-refractivity contribution in [2.24, 2.45) is 0 Å². The Morgan fingerprint density at radius 3 is 2.50 bits per heavy atom. The number of rotatable bonds is 7. The van der Waals surface area contributed by atoms with Crippen LogP contribution in [-0.4, -0.2) is 20.1 Å². The normalized spacial score (nSPS) is 11.0. The zero-order valence-corrected chi connectivity index (χ0v) is 16.8. The summed E-state index contributed by atoms with van der Waals surface area (Å²) in [4.78, 5) is 22.8. The highest BCUT2D eigenvalue weighted by atomic mass is 79.9. The Morgan fingerprint density at radius 2 is 1.81 bits per heavy atom. The first-order chi connectivity index (χ1) is 12.2. The van der Waals surface area contributed by atoms with Gasteiger partial charge in [-0.3, -0.25) is 9.52 Å². The van der Waals surface area contributed by atoms with Crippen molar-refractivity contribution in [1.29, 1.82) is 0 Å². The molecule has 2 aromatic rings. The molecule has 0 unspecified atom stereocenters. The van der Waals surface area contributed by atoms with Gasteiger partial charge in [0.15, 0.2) is 0 Å². The van der Waals surface area contributed by atoms with Gasteiger partial charge in [-0.15, -0.1) is 0 Å². The number of carbonyl (C=O) groups excluding carboxylic acids is 2. The third kappa shape index (κ3) is 5.67. The van der Waals surface area contributed by atoms with E-state index in [4.69, 9.17) is 0 Å². The highest BCUT2D eigenvalue weighted by Crippen LogP contribution is 2.26. The van der Waals surface area contributed by atoms with Crippen molar-refractivity contribution in [3.05, 3.63) is 52.5 Å². The number of hydrogen-bond acceptors (Lipinski definition) is 4. The van der Waals surface area contributed by atoms with E-state index in [9.17, 15) is 18.0 Å². The Morgan fingerprint density at radius 1 is 1.08 bits per heavy atom. The van der Waals surface area contributed by atoms with Gasteiger partial charge in [0, 0.05) is 23.0 Å². The van der Waals surface area contributed by atoms with E-state index in [1.54, 1.807) is 24.3 Å². The van der Waals surface area contributed by atoms with E-state index in [0.717, 1.165) is 5.56 Å². The summed E-state index contributed by atoms with van der Waals surface area (Å²) in [7, 11) is -3.82. The standard InChI is InChI=1S/C18H19BrN2O4S/c1-12-6-8-16(19)17(10-12)21-26(24,25)15-5-3-4-14(11-15)20-18(23)9-7-13(2)22/h3-6,8,10-11,21H,7,9H2,1-2H3,(H,20,23). The maximum absolute atomic E-state index is 12.6. The molecule has 0 spiro atoms. The lowest BCUT2D eigenvalue weighted by atomic mass is 10.2. The molecule has 0 aliphatic rings. The van der Waals surface area contributed by atoms with E-state index < -0.39 is 10.0 Å².